The number of nitrogens with one attached hydrogen (secondary N) is 2. The number of rotatable bonds is 5. The fourth-order valence-corrected chi connectivity index (χ4v) is 5.81. The standard InChI is InChI=1S/C23H25ClN2O5S/c1-21(2)14-23(13-12-22(21,3)20(28)31-23)19(27)25-15-8-10-16(11-9-15)32(29,30)26-18-7-5-4-6-17(18)24/h4-11,26H,12-14H2,1-3H3,(H,25,27)/t22-,23-/m1/s1. The highest BCUT2D eigenvalue weighted by molar-refractivity contribution is 7.92. The van der Waals surface area contributed by atoms with E-state index in [1.807, 2.05) is 20.8 Å². The van der Waals surface area contributed by atoms with E-state index < -0.39 is 26.9 Å². The second kappa shape index (κ2) is 7.49. The normalized spacial score (nSPS) is 26.3. The third kappa shape index (κ3) is 3.65. The maximum absolute atomic E-state index is 13.1. The summed E-state index contributed by atoms with van der Waals surface area (Å²) in [6.45, 7) is 5.87. The number of fused-ring (bicyclic) bond motifs is 3. The Kier molecular flexibility index (Phi) is 5.29. The van der Waals surface area contributed by atoms with Gasteiger partial charge in [0.15, 0.2) is 5.60 Å². The summed E-state index contributed by atoms with van der Waals surface area (Å²) in [5.41, 5.74) is -1.50. The smallest absolute Gasteiger partial charge is 0.313 e. The topological polar surface area (TPSA) is 102 Å². The van der Waals surface area contributed by atoms with Gasteiger partial charge in [-0.05, 0) is 61.6 Å². The van der Waals surface area contributed by atoms with E-state index in [0.717, 1.165) is 0 Å². The van der Waals surface area contributed by atoms with E-state index in [0.29, 0.717) is 24.9 Å². The highest BCUT2D eigenvalue weighted by atomic mass is 35.5. The minimum absolute atomic E-state index is 0.0206. The molecule has 32 heavy (non-hydrogen) atoms. The number of benzene rings is 2. The van der Waals surface area contributed by atoms with Gasteiger partial charge in [-0.3, -0.25) is 14.3 Å². The highest BCUT2D eigenvalue weighted by Gasteiger charge is 2.65. The van der Waals surface area contributed by atoms with Gasteiger partial charge >= 0.3 is 5.97 Å². The molecule has 0 unspecified atom stereocenters. The lowest BCUT2D eigenvalue weighted by atomic mass is 9.52. The maximum Gasteiger partial charge on any atom is 0.313 e. The number of hydrogen-bond acceptors (Lipinski definition) is 5. The quantitative estimate of drug-likeness (QED) is 0.614. The predicted octanol–water partition coefficient (Wildman–Crippen LogP) is 4.59. The molecular formula is C23H25ClN2O5S. The molecule has 2 atom stereocenters. The lowest BCUT2D eigenvalue weighted by Crippen LogP contribution is -2.65. The summed E-state index contributed by atoms with van der Waals surface area (Å²) >= 11 is 6.03. The molecule has 1 aliphatic carbocycles. The Hall–Kier alpha value is -2.58. The number of carbonyl (C=O) groups is 2. The summed E-state index contributed by atoms with van der Waals surface area (Å²) in [6, 6.07) is 12.3. The lowest BCUT2D eigenvalue weighted by molar-refractivity contribution is -0.224. The third-order valence-electron chi connectivity index (χ3n) is 6.94. The van der Waals surface area contributed by atoms with Crippen LogP contribution in [0.4, 0.5) is 11.4 Å². The molecule has 2 aromatic carbocycles. The molecule has 2 saturated heterocycles. The van der Waals surface area contributed by atoms with Crippen LogP contribution in [0.1, 0.15) is 40.0 Å². The fraction of sp³-hybridized carbons (Fsp3) is 0.391. The van der Waals surface area contributed by atoms with Crippen molar-refractivity contribution in [3.63, 3.8) is 0 Å². The zero-order valence-corrected chi connectivity index (χ0v) is 19.6. The molecule has 2 heterocycles. The first-order chi connectivity index (χ1) is 14.9. The largest absolute Gasteiger partial charge is 0.448 e. The molecule has 2 bridgehead atoms. The van der Waals surface area contributed by atoms with Crippen molar-refractivity contribution in [3.05, 3.63) is 53.6 Å². The van der Waals surface area contributed by atoms with Crippen molar-refractivity contribution in [1.29, 1.82) is 0 Å². The molecule has 3 fully saturated rings. The van der Waals surface area contributed by atoms with Crippen molar-refractivity contribution < 1.29 is 22.7 Å². The Labute approximate surface area is 192 Å². The zero-order chi connectivity index (χ0) is 23.4. The SMILES string of the molecule is CC1(C)C[C@@]2(C(=O)Nc3ccc(S(=O)(=O)Nc4ccccc4Cl)cc3)CC[C@]1(C)C(=O)O2. The van der Waals surface area contributed by atoms with Gasteiger partial charge in [-0.25, -0.2) is 8.42 Å². The average Bonchev–Trinajstić information content (AvgIpc) is 2.71. The van der Waals surface area contributed by atoms with E-state index in [4.69, 9.17) is 16.3 Å². The van der Waals surface area contributed by atoms with Crippen LogP contribution in [0, 0.1) is 10.8 Å². The molecule has 5 rings (SSSR count). The van der Waals surface area contributed by atoms with Crippen LogP contribution in [-0.4, -0.2) is 25.9 Å². The second-order valence-corrected chi connectivity index (χ2v) is 11.4. The molecule has 0 spiro atoms. The van der Waals surface area contributed by atoms with Crippen LogP contribution in [0.2, 0.25) is 5.02 Å². The molecular weight excluding hydrogens is 452 g/mol. The zero-order valence-electron chi connectivity index (χ0n) is 18.1. The van der Waals surface area contributed by atoms with Crippen molar-refractivity contribution in [2.24, 2.45) is 10.8 Å². The van der Waals surface area contributed by atoms with E-state index in [2.05, 4.69) is 10.0 Å². The first-order valence-corrected chi connectivity index (χ1v) is 12.2. The monoisotopic (exact) mass is 476 g/mol. The predicted molar refractivity (Wildman–Crippen MR) is 122 cm³/mol. The van der Waals surface area contributed by atoms with Crippen molar-refractivity contribution >= 4 is 44.9 Å². The molecule has 0 aromatic heterocycles. The maximum atomic E-state index is 13.1. The number of sulfonamides is 1. The summed E-state index contributed by atoms with van der Waals surface area (Å²) in [7, 11) is -3.86. The highest BCUT2D eigenvalue weighted by Crippen LogP contribution is 2.59. The van der Waals surface area contributed by atoms with Gasteiger partial charge in [0.1, 0.15) is 0 Å². The Balaban J connectivity index is 1.50. The molecule has 9 heteroatoms. The Bertz CT molecular complexity index is 1200. The van der Waals surface area contributed by atoms with Crippen molar-refractivity contribution in [2.75, 3.05) is 10.0 Å². The van der Waals surface area contributed by atoms with Gasteiger partial charge in [0, 0.05) is 12.1 Å². The summed E-state index contributed by atoms with van der Waals surface area (Å²) in [5.74, 6) is -0.743. The number of anilines is 2. The molecule has 170 valence electrons. The Morgan fingerprint density at radius 1 is 1.03 bits per heavy atom. The van der Waals surface area contributed by atoms with E-state index in [1.54, 1.807) is 24.3 Å². The summed E-state index contributed by atoms with van der Waals surface area (Å²) in [6.07, 6.45) is 1.47. The Morgan fingerprint density at radius 3 is 2.28 bits per heavy atom. The molecule has 0 radical (unpaired) electrons. The molecule has 7 nitrogen and oxygen atoms in total. The first-order valence-electron chi connectivity index (χ1n) is 10.3. The summed E-state index contributed by atoms with van der Waals surface area (Å²) < 4.78 is 33.4. The van der Waals surface area contributed by atoms with Crippen molar-refractivity contribution in [3.8, 4) is 0 Å². The summed E-state index contributed by atoms with van der Waals surface area (Å²) in [4.78, 5) is 25.7. The fourth-order valence-electron chi connectivity index (χ4n) is 4.49. The van der Waals surface area contributed by atoms with E-state index in [-0.39, 0.29) is 27.0 Å². The van der Waals surface area contributed by atoms with Gasteiger partial charge < -0.3 is 10.1 Å². The van der Waals surface area contributed by atoms with Gasteiger partial charge in [0.25, 0.3) is 15.9 Å². The number of halogens is 1. The number of ether oxygens (including phenoxy) is 1. The minimum atomic E-state index is -3.86. The van der Waals surface area contributed by atoms with Gasteiger partial charge in [0.2, 0.25) is 0 Å². The van der Waals surface area contributed by atoms with Crippen molar-refractivity contribution in [2.45, 2.75) is 50.5 Å². The number of carbonyl (C=O) groups excluding carboxylic acids is 2. The molecule has 1 saturated carbocycles. The third-order valence-corrected chi connectivity index (χ3v) is 8.65. The molecule has 1 amide bonds. The number of esters is 1. The average molecular weight is 477 g/mol. The number of hydrogen-bond donors (Lipinski definition) is 2. The Morgan fingerprint density at radius 2 is 1.69 bits per heavy atom. The van der Waals surface area contributed by atoms with E-state index in [1.165, 1.54) is 24.3 Å². The first kappa shape index (κ1) is 22.6. The van der Waals surface area contributed by atoms with Crippen LogP contribution < -0.4 is 10.0 Å². The molecule has 2 aliphatic heterocycles. The van der Waals surface area contributed by atoms with Crippen LogP contribution in [0.3, 0.4) is 0 Å². The summed E-state index contributed by atoms with van der Waals surface area (Å²) in [5, 5.41) is 3.07. The van der Waals surface area contributed by atoms with Gasteiger partial charge in [-0.2, -0.15) is 0 Å². The van der Waals surface area contributed by atoms with Crippen LogP contribution in [0.5, 0.6) is 0 Å². The van der Waals surface area contributed by atoms with Crippen molar-refractivity contribution in [1.82, 2.24) is 0 Å². The van der Waals surface area contributed by atoms with Gasteiger partial charge in [0.05, 0.1) is 21.0 Å². The molecule has 3 aliphatic rings. The van der Waals surface area contributed by atoms with E-state index >= 15 is 0 Å². The minimum Gasteiger partial charge on any atom is -0.448 e. The van der Waals surface area contributed by atoms with Gasteiger partial charge in [-0.15, -0.1) is 0 Å². The lowest BCUT2D eigenvalue weighted by Gasteiger charge is -2.57. The van der Waals surface area contributed by atoms with Crippen LogP contribution in [0.25, 0.3) is 0 Å². The van der Waals surface area contributed by atoms with Gasteiger partial charge in [-0.1, -0.05) is 37.6 Å². The van der Waals surface area contributed by atoms with Crippen LogP contribution in [0.15, 0.2) is 53.4 Å². The van der Waals surface area contributed by atoms with Crippen LogP contribution >= 0.6 is 11.6 Å². The molecule has 2 N–H and O–H groups in total. The van der Waals surface area contributed by atoms with E-state index in [9.17, 15) is 18.0 Å². The van der Waals surface area contributed by atoms with Crippen LogP contribution in [-0.2, 0) is 24.3 Å². The molecule has 2 aromatic rings. The second-order valence-electron chi connectivity index (χ2n) is 9.34. The number of amides is 1. The number of para-hydroxylation sites is 1.